The second kappa shape index (κ2) is 12.7. The van der Waals surface area contributed by atoms with Crippen LogP contribution in [0.3, 0.4) is 0 Å². The van der Waals surface area contributed by atoms with Crippen molar-refractivity contribution in [2.75, 3.05) is 37.2 Å². The van der Waals surface area contributed by atoms with E-state index in [4.69, 9.17) is 10.5 Å². The molecule has 1 aliphatic rings. The molecule has 1 aliphatic heterocycles. The highest BCUT2D eigenvalue weighted by molar-refractivity contribution is 6.03. The van der Waals surface area contributed by atoms with Gasteiger partial charge in [0.2, 0.25) is 0 Å². The fraction of sp³-hybridized carbons (Fsp3) is 0.344. The lowest BCUT2D eigenvalue weighted by atomic mass is 10.1. The first-order chi connectivity index (χ1) is 22.4. The molecule has 0 saturated carbocycles. The lowest BCUT2D eigenvalue weighted by Crippen LogP contribution is -2.51. The number of hydrogen-bond acceptors (Lipinski definition) is 7. The number of hydrogen-bond donors (Lipinski definition) is 2. The Morgan fingerprint density at radius 3 is 2.25 bits per heavy atom. The molecule has 3 amide bonds. The monoisotopic (exact) mass is 670 g/mol. The summed E-state index contributed by atoms with van der Waals surface area (Å²) in [5.41, 5.74) is 4.29. The summed E-state index contributed by atoms with van der Waals surface area (Å²) >= 11 is 0. The number of halogens is 4. The van der Waals surface area contributed by atoms with Crippen molar-refractivity contribution in [1.82, 2.24) is 29.1 Å². The van der Waals surface area contributed by atoms with Crippen molar-refractivity contribution in [1.29, 1.82) is 0 Å². The van der Waals surface area contributed by atoms with E-state index in [0.29, 0.717) is 43.0 Å². The standard InChI is InChI=1S/C32H34F4N8O4/c1-18-14-20(7-8-21(18)29(46)42-10-12-43(13-11-42)30(47)48-31(2,3)4)39-28(45)27-38-16-25(41(27)5)22-17-44(40-26(22)32(34,35)36)24-9-6-19(37)15-23(24)33/h6-9,14-17H,10-13,37H2,1-5H3,(H,39,45). The summed E-state index contributed by atoms with van der Waals surface area (Å²) in [5.74, 6) is -2.02. The van der Waals surface area contributed by atoms with Crippen molar-refractivity contribution in [3.05, 3.63) is 77.3 Å². The molecule has 48 heavy (non-hydrogen) atoms. The number of piperazine rings is 1. The Kier molecular flexibility index (Phi) is 8.95. The predicted molar refractivity (Wildman–Crippen MR) is 168 cm³/mol. The van der Waals surface area contributed by atoms with Crippen molar-refractivity contribution in [3.63, 3.8) is 0 Å². The number of ether oxygens (including phenoxy) is 1. The van der Waals surface area contributed by atoms with Gasteiger partial charge in [0.1, 0.15) is 11.3 Å². The average Bonchev–Trinajstić information content (AvgIpc) is 3.60. The molecule has 3 heterocycles. The molecule has 2 aromatic heterocycles. The molecule has 16 heteroatoms. The van der Waals surface area contributed by atoms with E-state index in [1.807, 2.05) is 0 Å². The molecule has 5 rings (SSSR count). The van der Waals surface area contributed by atoms with E-state index in [1.165, 1.54) is 29.8 Å². The van der Waals surface area contributed by atoms with Gasteiger partial charge in [0.25, 0.3) is 11.8 Å². The van der Waals surface area contributed by atoms with Crippen molar-refractivity contribution < 1.29 is 36.7 Å². The van der Waals surface area contributed by atoms with E-state index in [0.717, 1.165) is 23.1 Å². The number of nitrogens with zero attached hydrogens (tertiary/aromatic N) is 6. The van der Waals surface area contributed by atoms with Crippen LogP contribution in [0.25, 0.3) is 16.9 Å². The quantitative estimate of drug-likeness (QED) is 0.218. The van der Waals surface area contributed by atoms with E-state index in [-0.39, 0.29) is 28.8 Å². The van der Waals surface area contributed by atoms with Gasteiger partial charge in [-0.15, -0.1) is 0 Å². The van der Waals surface area contributed by atoms with Gasteiger partial charge in [0, 0.05) is 56.4 Å². The summed E-state index contributed by atoms with van der Waals surface area (Å²) in [4.78, 5) is 46.1. The maximum absolute atomic E-state index is 14.5. The summed E-state index contributed by atoms with van der Waals surface area (Å²) in [7, 11) is 1.37. The minimum absolute atomic E-state index is 0.0848. The third kappa shape index (κ3) is 7.11. The van der Waals surface area contributed by atoms with Gasteiger partial charge in [-0.25, -0.2) is 18.9 Å². The van der Waals surface area contributed by atoms with Gasteiger partial charge in [0.05, 0.1) is 17.5 Å². The first kappa shape index (κ1) is 33.9. The Morgan fingerprint density at radius 1 is 0.979 bits per heavy atom. The molecule has 2 aromatic carbocycles. The number of amides is 3. The van der Waals surface area contributed by atoms with Crippen LogP contribution < -0.4 is 11.1 Å². The van der Waals surface area contributed by atoms with E-state index in [1.54, 1.807) is 49.6 Å². The Balaban J connectivity index is 1.30. The minimum atomic E-state index is -4.90. The fourth-order valence-electron chi connectivity index (χ4n) is 5.23. The average molecular weight is 671 g/mol. The van der Waals surface area contributed by atoms with Crippen molar-refractivity contribution in [3.8, 4) is 16.9 Å². The zero-order valence-electron chi connectivity index (χ0n) is 26.9. The lowest BCUT2D eigenvalue weighted by Gasteiger charge is -2.35. The summed E-state index contributed by atoms with van der Waals surface area (Å²) in [6.07, 6.45) is -3.23. The molecule has 12 nitrogen and oxygen atoms in total. The van der Waals surface area contributed by atoms with Gasteiger partial charge in [0.15, 0.2) is 17.3 Å². The number of anilines is 2. The molecule has 1 fully saturated rings. The van der Waals surface area contributed by atoms with Crippen LogP contribution in [-0.2, 0) is 18.0 Å². The second-order valence-electron chi connectivity index (χ2n) is 12.3. The van der Waals surface area contributed by atoms with Crippen LogP contribution in [0.15, 0.2) is 48.8 Å². The zero-order chi connectivity index (χ0) is 35.1. The van der Waals surface area contributed by atoms with Crippen LogP contribution in [0, 0.1) is 12.7 Å². The van der Waals surface area contributed by atoms with Gasteiger partial charge in [-0.3, -0.25) is 9.59 Å². The smallest absolute Gasteiger partial charge is 0.435 e. The maximum atomic E-state index is 14.5. The number of benzene rings is 2. The van der Waals surface area contributed by atoms with Gasteiger partial charge < -0.3 is 30.2 Å². The van der Waals surface area contributed by atoms with Crippen LogP contribution in [0.2, 0.25) is 0 Å². The normalized spacial score (nSPS) is 13.9. The van der Waals surface area contributed by atoms with Gasteiger partial charge in [-0.2, -0.15) is 18.3 Å². The Morgan fingerprint density at radius 2 is 1.65 bits per heavy atom. The van der Waals surface area contributed by atoms with E-state index in [9.17, 15) is 31.9 Å². The Hall–Kier alpha value is -5.41. The first-order valence-electron chi connectivity index (χ1n) is 14.9. The largest absolute Gasteiger partial charge is 0.444 e. The third-order valence-electron chi connectivity index (χ3n) is 7.60. The maximum Gasteiger partial charge on any atom is 0.435 e. The minimum Gasteiger partial charge on any atom is -0.444 e. The van der Waals surface area contributed by atoms with E-state index < -0.39 is 40.9 Å². The summed E-state index contributed by atoms with van der Waals surface area (Å²) < 4.78 is 63.9. The lowest BCUT2D eigenvalue weighted by molar-refractivity contribution is -0.140. The topological polar surface area (TPSA) is 141 Å². The molecule has 0 aliphatic carbocycles. The number of aromatic nitrogens is 4. The molecule has 1 saturated heterocycles. The second-order valence-corrected chi connectivity index (χ2v) is 12.3. The highest BCUT2D eigenvalue weighted by Gasteiger charge is 2.39. The number of nitrogens with two attached hydrogens (primary N) is 1. The fourth-order valence-corrected chi connectivity index (χ4v) is 5.23. The SMILES string of the molecule is Cc1cc(NC(=O)c2ncc(-c3cn(-c4ccc(N)cc4F)nc3C(F)(F)F)n2C)ccc1C(=O)N1CCN(C(=O)OC(C)(C)C)CC1. The molecule has 4 aromatic rings. The number of imidazole rings is 1. The van der Waals surface area contributed by atoms with Crippen LogP contribution >= 0.6 is 0 Å². The third-order valence-corrected chi connectivity index (χ3v) is 7.60. The van der Waals surface area contributed by atoms with Crippen molar-refractivity contribution in [2.45, 2.75) is 39.5 Å². The van der Waals surface area contributed by atoms with Crippen LogP contribution in [0.4, 0.5) is 33.7 Å². The molecule has 0 bridgehead atoms. The molecular formula is C32H34F4N8O4. The summed E-state index contributed by atoms with van der Waals surface area (Å²) in [5, 5.41) is 6.25. The Labute approximate surface area is 273 Å². The van der Waals surface area contributed by atoms with E-state index >= 15 is 0 Å². The number of carbonyl (C=O) groups excluding carboxylic acids is 3. The van der Waals surface area contributed by atoms with Crippen LogP contribution in [0.1, 0.15) is 53.0 Å². The van der Waals surface area contributed by atoms with Crippen LogP contribution in [-0.4, -0.2) is 78.8 Å². The van der Waals surface area contributed by atoms with Gasteiger partial charge >= 0.3 is 12.3 Å². The number of carbonyl (C=O) groups is 3. The number of rotatable bonds is 5. The predicted octanol–water partition coefficient (Wildman–Crippen LogP) is 5.27. The Bertz CT molecular complexity index is 1890. The first-order valence-corrected chi connectivity index (χ1v) is 14.9. The molecule has 0 unspecified atom stereocenters. The molecule has 254 valence electrons. The highest BCUT2D eigenvalue weighted by atomic mass is 19.4. The summed E-state index contributed by atoms with van der Waals surface area (Å²) in [6, 6.07) is 8.20. The number of alkyl halides is 3. The number of aryl methyl sites for hydroxylation is 1. The summed E-state index contributed by atoms with van der Waals surface area (Å²) in [6.45, 7) is 8.34. The zero-order valence-corrected chi connectivity index (χ0v) is 26.9. The van der Waals surface area contributed by atoms with Gasteiger partial charge in [-0.1, -0.05) is 0 Å². The molecule has 0 spiro atoms. The van der Waals surface area contributed by atoms with Crippen molar-refractivity contribution >= 4 is 29.3 Å². The van der Waals surface area contributed by atoms with Crippen molar-refractivity contribution in [2.24, 2.45) is 7.05 Å². The number of nitrogens with one attached hydrogen (secondary N) is 1. The van der Waals surface area contributed by atoms with Crippen LogP contribution in [0.5, 0.6) is 0 Å². The van der Waals surface area contributed by atoms with Gasteiger partial charge in [-0.05, 0) is 69.7 Å². The highest BCUT2D eigenvalue weighted by Crippen LogP contribution is 2.37. The molecule has 0 atom stereocenters. The molecular weight excluding hydrogens is 636 g/mol. The molecule has 0 radical (unpaired) electrons. The number of nitrogen functional groups attached to an aromatic ring is 1. The molecule has 3 N–H and O–H groups in total. The van der Waals surface area contributed by atoms with E-state index in [2.05, 4.69) is 15.4 Å².